The molecular weight excluding hydrogens is 162 g/mol. The highest BCUT2D eigenvalue weighted by molar-refractivity contribution is 6.03. The van der Waals surface area contributed by atoms with Crippen molar-refractivity contribution in [3.8, 4) is 0 Å². The van der Waals surface area contributed by atoms with Crippen LogP contribution in [0.5, 0.6) is 0 Å². The van der Waals surface area contributed by atoms with Crippen molar-refractivity contribution < 1.29 is 4.79 Å². The van der Waals surface area contributed by atoms with Gasteiger partial charge in [0.15, 0.2) is 0 Å². The van der Waals surface area contributed by atoms with E-state index < -0.39 is 0 Å². The smallest absolute Gasteiger partial charge is 0.258 e. The van der Waals surface area contributed by atoms with Gasteiger partial charge in [0.25, 0.3) is 5.91 Å². The molecule has 2 nitrogen and oxygen atoms in total. The fourth-order valence-corrected chi connectivity index (χ4v) is 1.31. The highest BCUT2D eigenvalue weighted by atomic mass is 16.2. The van der Waals surface area contributed by atoms with Crippen LogP contribution in [0.2, 0.25) is 0 Å². The van der Waals surface area contributed by atoms with Gasteiger partial charge in [-0.15, -0.1) is 0 Å². The maximum Gasteiger partial charge on any atom is 0.258 e. The molecule has 1 aliphatic heterocycles. The second-order valence-corrected chi connectivity index (χ2v) is 2.84. The Morgan fingerprint density at radius 2 is 2.00 bits per heavy atom. The SMILES string of the molecule is C=CC1=C(C=CC)C(=O)N(C)C1=C. The first kappa shape index (κ1) is 9.52. The number of carbonyl (C=O) groups excluding carboxylic acids is 1. The second kappa shape index (κ2) is 3.44. The van der Waals surface area contributed by atoms with Crippen LogP contribution in [0, 0.1) is 0 Å². The van der Waals surface area contributed by atoms with Gasteiger partial charge in [-0.2, -0.15) is 0 Å². The van der Waals surface area contributed by atoms with Gasteiger partial charge in [0, 0.05) is 23.9 Å². The zero-order valence-corrected chi connectivity index (χ0v) is 8.00. The van der Waals surface area contributed by atoms with Gasteiger partial charge < -0.3 is 4.90 Å². The van der Waals surface area contributed by atoms with Gasteiger partial charge >= 0.3 is 0 Å². The van der Waals surface area contributed by atoms with Crippen molar-refractivity contribution >= 4 is 5.91 Å². The van der Waals surface area contributed by atoms with Gasteiger partial charge in [0.05, 0.1) is 0 Å². The van der Waals surface area contributed by atoms with Crippen molar-refractivity contribution in [3.05, 3.63) is 48.2 Å². The minimum absolute atomic E-state index is 0.0157. The Morgan fingerprint density at radius 1 is 1.38 bits per heavy atom. The van der Waals surface area contributed by atoms with Crippen LogP contribution >= 0.6 is 0 Å². The second-order valence-electron chi connectivity index (χ2n) is 2.84. The molecule has 0 aromatic rings. The number of amides is 1. The van der Waals surface area contributed by atoms with Crippen molar-refractivity contribution in [2.24, 2.45) is 0 Å². The number of rotatable bonds is 2. The van der Waals surface area contributed by atoms with Crippen molar-refractivity contribution in [3.63, 3.8) is 0 Å². The molecule has 1 heterocycles. The summed E-state index contributed by atoms with van der Waals surface area (Å²) >= 11 is 0. The van der Waals surface area contributed by atoms with E-state index >= 15 is 0 Å². The first-order chi connectivity index (χ1) is 6.13. The van der Waals surface area contributed by atoms with Crippen molar-refractivity contribution in [2.75, 3.05) is 7.05 Å². The van der Waals surface area contributed by atoms with Crippen LogP contribution in [-0.2, 0) is 4.79 Å². The Morgan fingerprint density at radius 3 is 2.46 bits per heavy atom. The van der Waals surface area contributed by atoms with E-state index in [1.54, 1.807) is 19.2 Å². The summed E-state index contributed by atoms with van der Waals surface area (Å²) in [5, 5.41) is 0. The zero-order valence-electron chi connectivity index (χ0n) is 8.00. The maximum absolute atomic E-state index is 11.6. The Balaban J connectivity index is 3.24. The number of nitrogens with zero attached hydrogens (tertiary/aromatic N) is 1. The summed E-state index contributed by atoms with van der Waals surface area (Å²) in [5.74, 6) is -0.0157. The minimum atomic E-state index is -0.0157. The zero-order chi connectivity index (χ0) is 10.0. The third-order valence-corrected chi connectivity index (χ3v) is 2.08. The lowest BCUT2D eigenvalue weighted by molar-refractivity contribution is -0.122. The monoisotopic (exact) mass is 175 g/mol. The number of likely N-dealkylation sites (N-methyl/N-ethyl adjacent to an activating group) is 1. The van der Waals surface area contributed by atoms with E-state index in [2.05, 4.69) is 13.2 Å². The molecule has 13 heavy (non-hydrogen) atoms. The molecule has 0 N–H and O–H groups in total. The van der Waals surface area contributed by atoms with E-state index in [-0.39, 0.29) is 5.91 Å². The molecule has 0 saturated heterocycles. The van der Waals surface area contributed by atoms with Gasteiger partial charge in [-0.1, -0.05) is 31.4 Å². The molecule has 0 aliphatic carbocycles. The van der Waals surface area contributed by atoms with Gasteiger partial charge in [0.2, 0.25) is 0 Å². The molecule has 1 rings (SSSR count). The number of hydrogen-bond donors (Lipinski definition) is 0. The molecule has 1 amide bonds. The van der Waals surface area contributed by atoms with E-state index in [0.717, 1.165) is 5.57 Å². The topological polar surface area (TPSA) is 20.3 Å². The molecule has 1 aliphatic rings. The maximum atomic E-state index is 11.6. The largest absolute Gasteiger partial charge is 0.311 e. The number of hydrogen-bond acceptors (Lipinski definition) is 1. The highest BCUT2D eigenvalue weighted by Crippen LogP contribution is 2.27. The average molecular weight is 175 g/mol. The normalized spacial score (nSPS) is 17.8. The standard InChI is InChI=1S/C11H13NO/c1-5-7-10-9(6-2)8(3)12(4)11(10)13/h5-7H,2-3H2,1,4H3. The van der Waals surface area contributed by atoms with Crippen LogP contribution < -0.4 is 0 Å². The summed E-state index contributed by atoms with van der Waals surface area (Å²) in [5.41, 5.74) is 2.21. The molecule has 0 radical (unpaired) electrons. The molecule has 0 saturated carbocycles. The van der Waals surface area contributed by atoms with Crippen LogP contribution in [0.15, 0.2) is 48.2 Å². The Hall–Kier alpha value is -1.57. The summed E-state index contributed by atoms with van der Waals surface area (Å²) in [7, 11) is 1.71. The van der Waals surface area contributed by atoms with E-state index in [1.807, 2.05) is 13.0 Å². The lowest BCUT2D eigenvalue weighted by Gasteiger charge is -2.09. The van der Waals surface area contributed by atoms with E-state index in [1.165, 1.54) is 4.90 Å². The number of allylic oxidation sites excluding steroid dienone is 2. The van der Waals surface area contributed by atoms with Gasteiger partial charge in [0.1, 0.15) is 0 Å². The van der Waals surface area contributed by atoms with E-state index in [0.29, 0.717) is 11.3 Å². The van der Waals surface area contributed by atoms with E-state index in [4.69, 9.17) is 0 Å². The van der Waals surface area contributed by atoms with Crippen LogP contribution in [0.1, 0.15) is 6.92 Å². The lowest BCUT2D eigenvalue weighted by atomic mass is 10.1. The quantitative estimate of drug-likeness (QED) is 0.628. The summed E-state index contributed by atoms with van der Waals surface area (Å²) < 4.78 is 0. The molecular formula is C11H13NO. The van der Waals surface area contributed by atoms with Crippen molar-refractivity contribution in [1.82, 2.24) is 4.90 Å². The fourth-order valence-electron chi connectivity index (χ4n) is 1.31. The average Bonchev–Trinajstić information content (AvgIpc) is 2.32. The van der Waals surface area contributed by atoms with Crippen molar-refractivity contribution in [2.45, 2.75) is 6.92 Å². The number of carbonyl (C=O) groups is 1. The first-order valence-electron chi connectivity index (χ1n) is 4.10. The van der Waals surface area contributed by atoms with Crippen molar-refractivity contribution in [1.29, 1.82) is 0 Å². The van der Waals surface area contributed by atoms with Crippen LogP contribution in [0.3, 0.4) is 0 Å². The molecule has 68 valence electrons. The van der Waals surface area contributed by atoms with Gasteiger partial charge in [-0.05, 0) is 6.92 Å². The van der Waals surface area contributed by atoms with Crippen LogP contribution in [-0.4, -0.2) is 17.9 Å². The summed E-state index contributed by atoms with van der Waals surface area (Å²) in [6, 6.07) is 0. The van der Waals surface area contributed by atoms with Gasteiger partial charge in [-0.3, -0.25) is 4.79 Å². The first-order valence-corrected chi connectivity index (χ1v) is 4.10. The van der Waals surface area contributed by atoms with E-state index in [9.17, 15) is 4.79 Å². The summed E-state index contributed by atoms with van der Waals surface area (Å²) in [4.78, 5) is 13.1. The molecule has 0 spiro atoms. The molecule has 0 fully saturated rings. The molecule has 0 atom stereocenters. The van der Waals surface area contributed by atoms with Crippen LogP contribution in [0.25, 0.3) is 0 Å². The third kappa shape index (κ3) is 1.35. The minimum Gasteiger partial charge on any atom is -0.311 e. The highest BCUT2D eigenvalue weighted by Gasteiger charge is 2.27. The fraction of sp³-hybridized carbons (Fsp3) is 0.182. The molecule has 0 aromatic heterocycles. The summed E-state index contributed by atoms with van der Waals surface area (Å²) in [6.07, 6.45) is 5.29. The Bertz CT molecular complexity index is 334. The lowest BCUT2D eigenvalue weighted by Crippen LogP contribution is -2.19. The molecule has 2 heteroatoms. The predicted octanol–water partition coefficient (Wildman–Crippen LogP) is 2.03. The molecule has 0 aromatic carbocycles. The molecule has 0 unspecified atom stereocenters. The Labute approximate surface area is 78.5 Å². The Kier molecular flexibility index (Phi) is 2.52. The molecule has 0 bridgehead atoms. The summed E-state index contributed by atoms with van der Waals surface area (Å²) in [6.45, 7) is 9.35. The van der Waals surface area contributed by atoms with Gasteiger partial charge in [-0.25, -0.2) is 0 Å². The predicted molar refractivity (Wildman–Crippen MR) is 53.9 cm³/mol. The van der Waals surface area contributed by atoms with Crippen LogP contribution in [0.4, 0.5) is 0 Å². The third-order valence-electron chi connectivity index (χ3n) is 2.08.